The molecule has 1 fully saturated rings. The molecule has 3 nitrogen and oxygen atoms in total. The third-order valence-corrected chi connectivity index (χ3v) is 4.78. The summed E-state index contributed by atoms with van der Waals surface area (Å²) in [5.41, 5.74) is 1.57. The average Bonchev–Trinajstić information content (AvgIpc) is 2.47. The van der Waals surface area contributed by atoms with Gasteiger partial charge in [0, 0.05) is 18.7 Å². The van der Waals surface area contributed by atoms with E-state index >= 15 is 0 Å². The molecule has 3 heteroatoms. The standard InChI is InChI=1S/C18H31N3/c1-5-11-19-13-16-10-12-20-17(21-16)14-6-8-15(9-7-14)18(2,3)4/h10,12,14-15,19H,5-9,11,13H2,1-4H3. The molecule has 1 aromatic heterocycles. The van der Waals surface area contributed by atoms with Crippen molar-refractivity contribution in [1.82, 2.24) is 15.3 Å². The first-order valence-corrected chi connectivity index (χ1v) is 8.53. The summed E-state index contributed by atoms with van der Waals surface area (Å²) in [6.07, 6.45) is 8.21. The fourth-order valence-corrected chi connectivity index (χ4v) is 3.32. The van der Waals surface area contributed by atoms with Crippen LogP contribution in [0, 0.1) is 11.3 Å². The van der Waals surface area contributed by atoms with E-state index in [1.807, 2.05) is 12.3 Å². The van der Waals surface area contributed by atoms with Gasteiger partial charge in [-0.3, -0.25) is 0 Å². The molecule has 0 unspecified atom stereocenters. The number of rotatable bonds is 5. The Morgan fingerprint density at radius 1 is 1.19 bits per heavy atom. The van der Waals surface area contributed by atoms with Gasteiger partial charge in [-0.2, -0.15) is 0 Å². The zero-order valence-electron chi connectivity index (χ0n) is 14.2. The first-order valence-electron chi connectivity index (χ1n) is 8.53. The Bertz CT molecular complexity index is 428. The summed E-state index contributed by atoms with van der Waals surface area (Å²) in [5.74, 6) is 2.48. The molecular formula is C18H31N3. The Hall–Kier alpha value is -0.960. The number of nitrogens with zero attached hydrogens (tertiary/aromatic N) is 2. The minimum atomic E-state index is 0.442. The molecule has 1 saturated carbocycles. The lowest BCUT2D eigenvalue weighted by molar-refractivity contribution is 0.167. The zero-order chi connectivity index (χ0) is 15.3. The van der Waals surface area contributed by atoms with Gasteiger partial charge in [0.15, 0.2) is 0 Å². The molecule has 1 aliphatic carbocycles. The van der Waals surface area contributed by atoms with Gasteiger partial charge >= 0.3 is 0 Å². The Morgan fingerprint density at radius 3 is 2.52 bits per heavy atom. The molecule has 0 atom stereocenters. The summed E-state index contributed by atoms with van der Waals surface area (Å²) >= 11 is 0. The summed E-state index contributed by atoms with van der Waals surface area (Å²) in [6.45, 7) is 11.2. The van der Waals surface area contributed by atoms with Crippen molar-refractivity contribution in [3.8, 4) is 0 Å². The maximum atomic E-state index is 4.78. The van der Waals surface area contributed by atoms with Crippen LogP contribution in [-0.2, 0) is 6.54 Å². The third kappa shape index (κ3) is 4.77. The average molecular weight is 289 g/mol. The van der Waals surface area contributed by atoms with E-state index in [-0.39, 0.29) is 0 Å². The molecule has 0 aliphatic heterocycles. The topological polar surface area (TPSA) is 37.8 Å². The molecule has 0 aromatic carbocycles. The SMILES string of the molecule is CCCNCc1ccnc(C2CCC(C(C)(C)C)CC2)n1. The van der Waals surface area contributed by atoms with Gasteiger partial charge in [-0.25, -0.2) is 9.97 Å². The summed E-state index contributed by atoms with van der Waals surface area (Å²) in [4.78, 5) is 9.32. The van der Waals surface area contributed by atoms with Crippen molar-refractivity contribution in [2.24, 2.45) is 11.3 Å². The molecule has 118 valence electrons. The summed E-state index contributed by atoms with van der Waals surface area (Å²) in [5, 5.41) is 3.42. The molecule has 0 spiro atoms. The molecule has 1 aromatic rings. The van der Waals surface area contributed by atoms with Crippen LogP contribution in [0.5, 0.6) is 0 Å². The van der Waals surface area contributed by atoms with Crippen LogP contribution in [0.3, 0.4) is 0 Å². The molecular weight excluding hydrogens is 258 g/mol. The minimum Gasteiger partial charge on any atom is -0.311 e. The maximum absolute atomic E-state index is 4.78. The van der Waals surface area contributed by atoms with Crippen LogP contribution in [0.1, 0.15) is 77.2 Å². The van der Waals surface area contributed by atoms with Crippen molar-refractivity contribution in [2.45, 2.75) is 72.3 Å². The molecule has 2 rings (SSSR count). The number of aromatic nitrogens is 2. The van der Waals surface area contributed by atoms with Crippen LogP contribution in [0.4, 0.5) is 0 Å². The predicted molar refractivity (Wildman–Crippen MR) is 88.2 cm³/mol. The monoisotopic (exact) mass is 289 g/mol. The second-order valence-corrected chi connectivity index (χ2v) is 7.50. The van der Waals surface area contributed by atoms with Crippen LogP contribution in [0.2, 0.25) is 0 Å². The highest BCUT2D eigenvalue weighted by atomic mass is 14.9. The van der Waals surface area contributed by atoms with E-state index in [4.69, 9.17) is 4.98 Å². The summed E-state index contributed by atoms with van der Waals surface area (Å²) in [6, 6.07) is 2.03. The largest absolute Gasteiger partial charge is 0.311 e. The molecule has 0 saturated heterocycles. The number of nitrogens with one attached hydrogen (secondary N) is 1. The lowest BCUT2D eigenvalue weighted by Crippen LogP contribution is -2.26. The van der Waals surface area contributed by atoms with Gasteiger partial charge in [-0.05, 0) is 56.0 Å². The van der Waals surface area contributed by atoms with Gasteiger partial charge in [0.2, 0.25) is 0 Å². The van der Waals surface area contributed by atoms with Gasteiger partial charge in [-0.1, -0.05) is 27.7 Å². The van der Waals surface area contributed by atoms with Gasteiger partial charge in [0.05, 0.1) is 5.69 Å². The van der Waals surface area contributed by atoms with Crippen LogP contribution >= 0.6 is 0 Å². The minimum absolute atomic E-state index is 0.442. The van der Waals surface area contributed by atoms with Gasteiger partial charge < -0.3 is 5.32 Å². The van der Waals surface area contributed by atoms with E-state index in [0.717, 1.165) is 36.9 Å². The molecule has 1 aliphatic rings. The highest BCUT2D eigenvalue weighted by molar-refractivity contribution is 5.07. The van der Waals surface area contributed by atoms with E-state index < -0.39 is 0 Å². The first kappa shape index (κ1) is 16.4. The third-order valence-electron chi connectivity index (χ3n) is 4.78. The van der Waals surface area contributed by atoms with Crippen LogP contribution in [-0.4, -0.2) is 16.5 Å². The van der Waals surface area contributed by atoms with E-state index in [1.54, 1.807) is 0 Å². The second-order valence-electron chi connectivity index (χ2n) is 7.50. The smallest absolute Gasteiger partial charge is 0.131 e. The Labute approximate surface area is 130 Å². The Balaban J connectivity index is 1.92. The van der Waals surface area contributed by atoms with Crippen LogP contribution in [0.25, 0.3) is 0 Å². The van der Waals surface area contributed by atoms with Crippen molar-refractivity contribution in [1.29, 1.82) is 0 Å². The van der Waals surface area contributed by atoms with Gasteiger partial charge in [0.25, 0.3) is 0 Å². The molecule has 21 heavy (non-hydrogen) atoms. The lowest BCUT2D eigenvalue weighted by atomic mass is 9.69. The van der Waals surface area contributed by atoms with Crippen molar-refractivity contribution in [2.75, 3.05) is 6.54 Å². The number of hydrogen-bond acceptors (Lipinski definition) is 3. The Morgan fingerprint density at radius 2 is 1.90 bits per heavy atom. The van der Waals surface area contributed by atoms with Gasteiger partial charge in [0.1, 0.15) is 5.82 Å². The van der Waals surface area contributed by atoms with Crippen molar-refractivity contribution >= 4 is 0 Å². The molecule has 1 heterocycles. The second kappa shape index (κ2) is 7.35. The van der Waals surface area contributed by atoms with Crippen LogP contribution < -0.4 is 5.32 Å². The number of hydrogen-bond donors (Lipinski definition) is 1. The van der Waals surface area contributed by atoms with E-state index in [0.29, 0.717) is 11.3 Å². The highest BCUT2D eigenvalue weighted by Gasteiger charge is 2.31. The predicted octanol–water partition coefficient (Wildman–Crippen LogP) is 4.30. The lowest BCUT2D eigenvalue weighted by Gasteiger charge is -2.36. The van der Waals surface area contributed by atoms with E-state index in [1.165, 1.54) is 25.7 Å². The highest BCUT2D eigenvalue weighted by Crippen LogP contribution is 2.42. The fourth-order valence-electron chi connectivity index (χ4n) is 3.32. The zero-order valence-corrected chi connectivity index (χ0v) is 14.2. The normalized spacial score (nSPS) is 23.2. The van der Waals surface area contributed by atoms with Crippen molar-refractivity contribution < 1.29 is 0 Å². The van der Waals surface area contributed by atoms with Crippen LogP contribution in [0.15, 0.2) is 12.3 Å². The molecule has 1 N–H and O–H groups in total. The first-order chi connectivity index (χ1) is 10.0. The van der Waals surface area contributed by atoms with Gasteiger partial charge in [-0.15, -0.1) is 0 Å². The quantitative estimate of drug-likeness (QED) is 0.821. The summed E-state index contributed by atoms with van der Waals surface area (Å²) < 4.78 is 0. The summed E-state index contributed by atoms with van der Waals surface area (Å²) in [7, 11) is 0. The van der Waals surface area contributed by atoms with E-state index in [2.05, 4.69) is 38.0 Å². The Kier molecular flexibility index (Phi) is 5.74. The van der Waals surface area contributed by atoms with E-state index in [9.17, 15) is 0 Å². The van der Waals surface area contributed by atoms with Crippen molar-refractivity contribution in [3.63, 3.8) is 0 Å². The maximum Gasteiger partial charge on any atom is 0.131 e. The fraction of sp³-hybridized carbons (Fsp3) is 0.778. The molecule has 0 radical (unpaired) electrons. The molecule has 0 bridgehead atoms. The molecule has 0 amide bonds. The van der Waals surface area contributed by atoms with Crippen molar-refractivity contribution in [3.05, 3.63) is 23.8 Å².